The summed E-state index contributed by atoms with van der Waals surface area (Å²) in [6.45, 7) is 4.07. The molecule has 4 heterocycles. The van der Waals surface area contributed by atoms with Gasteiger partial charge in [0.2, 0.25) is 0 Å². The van der Waals surface area contributed by atoms with Gasteiger partial charge in [-0.05, 0) is 61.5 Å². The Labute approximate surface area is 177 Å². The lowest BCUT2D eigenvalue weighted by Crippen LogP contribution is -2.15. The van der Waals surface area contributed by atoms with Crippen LogP contribution in [0.5, 0.6) is 0 Å². The lowest BCUT2D eigenvalue weighted by molar-refractivity contribution is 0.339. The van der Waals surface area contributed by atoms with Gasteiger partial charge in [-0.2, -0.15) is 0 Å². The molecule has 5 rings (SSSR count). The van der Waals surface area contributed by atoms with E-state index in [2.05, 4.69) is 37.0 Å². The number of hydrogen-bond acceptors (Lipinski definition) is 7. The van der Waals surface area contributed by atoms with Crippen LogP contribution in [0.4, 0.5) is 0 Å². The Kier molecular flexibility index (Phi) is 5.05. The molecule has 0 atom stereocenters. The number of hydrogen-bond donors (Lipinski definition) is 0. The minimum absolute atomic E-state index is 0.423. The van der Waals surface area contributed by atoms with E-state index in [4.69, 9.17) is 4.98 Å². The highest BCUT2D eigenvalue weighted by molar-refractivity contribution is 7.99. The maximum absolute atomic E-state index is 4.77. The van der Waals surface area contributed by atoms with Gasteiger partial charge in [0.15, 0.2) is 11.0 Å². The van der Waals surface area contributed by atoms with Gasteiger partial charge in [0, 0.05) is 29.4 Å². The highest BCUT2D eigenvalue weighted by Gasteiger charge is 2.25. The molecule has 0 spiro atoms. The van der Waals surface area contributed by atoms with E-state index in [9.17, 15) is 0 Å². The number of pyridine rings is 1. The van der Waals surface area contributed by atoms with Gasteiger partial charge in [-0.25, -0.2) is 9.97 Å². The second kappa shape index (κ2) is 7.84. The van der Waals surface area contributed by atoms with E-state index in [1.165, 1.54) is 37.7 Å². The quantitative estimate of drug-likeness (QED) is 0.398. The Bertz CT molecular complexity index is 1140. The Morgan fingerprint density at radius 3 is 2.62 bits per heavy atom. The molecule has 0 amide bonds. The van der Waals surface area contributed by atoms with Crippen molar-refractivity contribution >= 4 is 33.3 Å². The second-order valence-corrected chi connectivity index (χ2v) is 9.29. The maximum Gasteiger partial charge on any atom is 0.198 e. The zero-order valence-corrected chi connectivity index (χ0v) is 18.1. The van der Waals surface area contributed by atoms with Crippen molar-refractivity contribution in [2.24, 2.45) is 0 Å². The fraction of sp³-hybridized carbons (Fsp3) is 0.381. The highest BCUT2D eigenvalue weighted by atomic mass is 32.2. The monoisotopic (exact) mass is 422 g/mol. The number of fused-ring (bicyclic) bond motifs is 1. The Balaban J connectivity index is 1.62. The maximum atomic E-state index is 4.77. The van der Waals surface area contributed by atoms with E-state index in [0.29, 0.717) is 6.04 Å². The van der Waals surface area contributed by atoms with Crippen LogP contribution in [0.2, 0.25) is 0 Å². The zero-order chi connectivity index (χ0) is 19.8. The van der Waals surface area contributed by atoms with E-state index in [1.807, 2.05) is 31.5 Å². The molecule has 4 aromatic rings. The molecule has 1 aliphatic carbocycles. The lowest BCUT2D eigenvalue weighted by atomic mass is 9.95. The Morgan fingerprint density at radius 1 is 1.03 bits per heavy atom. The first-order chi connectivity index (χ1) is 14.2. The van der Waals surface area contributed by atoms with Crippen LogP contribution in [0.15, 0.2) is 40.1 Å². The summed E-state index contributed by atoms with van der Waals surface area (Å²) >= 11 is 3.29. The standard InChI is InChI=1S/C21H22N6S2/c1-13-12-28-19-17(13)20(24-14(2)23-19)29-21-26-25-18(15-8-10-22-11-9-15)27(21)16-6-4-3-5-7-16/h8-12,16H,3-7H2,1-2H3. The van der Waals surface area contributed by atoms with Crippen LogP contribution in [0, 0.1) is 13.8 Å². The summed E-state index contributed by atoms with van der Waals surface area (Å²) in [5.41, 5.74) is 2.27. The molecular weight excluding hydrogens is 400 g/mol. The van der Waals surface area contributed by atoms with Gasteiger partial charge < -0.3 is 0 Å². The first-order valence-corrected chi connectivity index (χ1v) is 11.7. The van der Waals surface area contributed by atoms with Crippen molar-refractivity contribution in [3.8, 4) is 11.4 Å². The molecule has 0 N–H and O–H groups in total. The van der Waals surface area contributed by atoms with Crippen molar-refractivity contribution in [1.82, 2.24) is 29.7 Å². The average Bonchev–Trinajstić information content (AvgIpc) is 3.33. The fourth-order valence-electron chi connectivity index (χ4n) is 4.02. The van der Waals surface area contributed by atoms with Crippen molar-refractivity contribution in [2.45, 2.75) is 62.2 Å². The summed E-state index contributed by atoms with van der Waals surface area (Å²) < 4.78 is 2.34. The van der Waals surface area contributed by atoms with E-state index in [0.717, 1.165) is 37.6 Å². The summed E-state index contributed by atoms with van der Waals surface area (Å²) in [6, 6.07) is 4.44. The van der Waals surface area contributed by atoms with Crippen LogP contribution in [-0.4, -0.2) is 29.7 Å². The topological polar surface area (TPSA) is 69.4 Å². The third-order valence-corrected chi connectivity index (χ3v) is 7.37. The third kappa shape index (κ3) is 3.55. The van der Waals surface area contributed by atoms with Crippen molar-refractivity contribution in [2.75, 3.05) is 0 Å². The number of aromatic nitrogens is 6. The normalized spacial score (nSPS) is 15.2. The predicted molar refractivity (Wildman–Crippen MR) is 116 cm³/mol. The summed E-state index contributed by atoms with van der Waals surface area (Å²) in [5, 5.41) is 14.4. The molecule has 4 aromatic heterocycles. The van der Waals surface area contributed by atoms with E-state index >= 15 is 0 Å². The lowest BCUT2D eigenvalue weighted by Gasteiger charge is -2.25. The summed E-state index contributed by atoms with van der Waals surface area (Å²) in [7, 11) is 0. The molecule has 0 bridgehead atoms. The smallest absolute Gasteiger partial charge is 0.198 e. The van der Waals surface area contributed by atoms with E-state index < -0.39 is 0 Å². The van der Waals surface area contributed by atoms with Gasteiger partial charge in [0.05, 0.1) is 0 Å². The van der Waals surface area contributed by atoms with E-state index in [1.54, 1.807) is 23.1 Å². The molecule has 6 nitrogen and oxygen atoms in total. The minimum Gasteiger partial charge on any atom is -0.299 e. The van der Waals surface area contributed by atoms with Gasteiger partial charge in [-0.3, -0.25) is 9.55 Å². The number of rotatable bonds is 4. The summed E-state index contributed by atoms with van der Waals surface area (Å²) in [6.07, 6.45) is 9.78. The van der Waals surface area contributed by atoms with Gasteiger partial charge in [0.25, 0.3) is 0 Å². The molecule has 0 radical (unpaired) electrons. The molecule has 29 heavy (non-hydrogen) atoms. The summed E-state index contributed by atoms with van der Waals surface area (Å²) in [4.78, 5) is 14.6. The van der Waals surface area contributed by atoms with Crippen LogP contribution in [0.25, 0.3) is 21.6 Å². The molecule has 1 saturated carbocycles. The average molecular weight is 423 g/mol. The largest absolute Gasteiger partial charge is 0.299 e. The van der Waals surface area contributed by atoms with Gasteiger partial charge in [-0.15, -0.1) is 21.5 Å². The molecule has 1 fully saturated rings. The SMILES string of the molecule is Cc1nc(Sc2nnc(-c3ccncc3)n2C2CCCCC2)c2c(C)csc2n1. The number of aryl methyl sites for hydroxylation is 2. The zero-order valence-electron chi connectivity index (χ0n) is 16.5. The second-order valence-electron chi connectivity index (χ2n) is 7.48. The molecule has 8 heteroatoms. The van der Waals surface area contributed by atoms with Crippen molar-refractivity contribution in [3.63, 3.8) is 0 Å². The molecule has 0 aromatic carbocycles. The minimum atomic E-state index is 0.423. The molecule has 1 aliphatic rings. The summed E-state index contributed by atoms with van der Waals surface area (Å²) in [5.74, 6) is 1.71. The first kappa shape index (κ1) is 18.7. The predicted octanol–water partition coefficient (Wildman–Crippen LogP) is 5.62. The highest BCUT2D eigenvalue weighted by Crippen LogP contribution is 2.40. The van der Waals surface area contributed by atoms with Crippen LogP contribution in [0.3, 0.4) is 0 Å². The molecule has 148 valence electrons. The molecule has 0 aliphatic heterocycles. The number of thiophene rings is 1. The van der Waals surface area contributed by atoms with Crippen LogP contribution in [-0.2, 0) is 0 Å². The van der Waals surface area contributed by atoms with Gasteiger partial charge in [0.1, 0.15) is 15.7 Å². The molecule has 0 unspecified atom stereocenters. The first-order valence-electron chi connectivity index (χ1n) is 9.96. The molecule has 0 saturated heterocycles. The molecular formula is C21H22N6S2. The Hall–Kier alpha value is -2.32. The van der Waals surface area contributed by atoms with Crippen molar-refractivity contribution < 1.29 is 0 Å². The van der Waals surface area contributed by atoms with Crippen LogP contribution >= 0.6 is 23.1 Å². The Morgan fingerprint density at radius 2 is 1.83 bits per heavy atom. The van der Waals surface area contributed by atoms with Gasteiger partial charge >= 0.3 is 0 Å². The number of nitrogens with zero attached hydrogens (tertiary/aromatic N) is 6. The van der Waals surface area contributed by atoms with Crippen molar-refractivity contribution in [1.29, 1.82) is 0 Å². The van der Waals surface area contributed by atoms with Crippen molar-refractivity contribution in [3.05, 3.63) is 41.3 Å². The van der Waals surface area contributed by atoms with Crippen LogP contribution in [0.1, 0.15) is 49.5 Å². The van der Waals surface area contributed by atoms with E-state index in [-0.39, 0.29) is 0 Å². The fourth-order valence-corrected chi connectivity index (χ4v) is 6.18. The van der Waals surface area contributed by atoms with Crippen LogP contribution < -0.4 is 0 Å². The third-order valence-electron chi connectivity index (χ3n) is 5.43. The van der Waals surface area contributed by atoms with Gasteiger partial charge in [-0.1, -0.05) is 19.3 Å².